The van der Waals surface area contributed by atoms with Gasteiger partial charge in [-0.1, -0.05) is 154 Å². The van der Waals surface area contributed by atoms with E-state index >= 15 is 0 Å². The highest BCUT2D eigenvalue weighted by molar-refractivity contribution is 4.82. The van der Waals surface area contributed by atoms with E-state index in [1.54, 1.807) is 0 Å². The van der Waals surface area contributed by atoms with Crippen molar-refractivity contribution < 1.29 is 26.4 Å². The molecule has 0 spiro atoms. The van der Waals surface area contributed by atoms with E-state index in [1.165, 1.54) is 180 Å². The Hall–Kier alpha value is -0.350. The number of likely N-dealkylation sites (N-methyl/N-ethyl adjacent to an activating group) is 1. The van der Waals surface area contributed by atoms with E-state index in [2.05, 4.69) is 52.2 Å². The molecule has 2 atom stereocenters. The molecular formula is C42H82ClNO2. The summed E-state index contributed by atoms with van der Waals surface area (Å²) in [5.74, 6) is 0. The maximum atomic E-state index is 6.40. The van der Waals surface area contributed by atoms with Gasteiger partial charge in [-0.2, -0.15) is 0 Å². The van der Waals surface area contributed by atoms with Gasteiger partial charge in [0.2, 0.25) is 0 Å². The van der Waals surface area contributed by atoms with Crippen LogP contribution in [0.2, 0.25) is 0 Å². The van der Waals surface area contributed by atoms with Crippen LogP contribution < -0.4 is 12.4 Å². The van der Waals surface area contributed by atoms with Crippen molar-refractivity contribution in [3.63, 3.8) is 0 Å². The number of unbranched alkanes of at least 4 members (excludes halogenated alkanes) is 24. The molecule has 0 bridgehead atoms. The van der Waals surface area contributed by atoms with Crippen molar-refractivity contribution in [2.75, 3.05) is 40.4 Å². The molecule has 1 aliphatic rings. The molecule has 1 saturated heterocycles. The molecule has 0 amide bonds. The first-order valence-corrected chi connectivity index (χ1v) is 20.4. The maximum absolute atomic E-state index is 6.40. The second-order valence-electron chi connectivity index (χ2n) is 15.0. The smallest absolute Gasteiger partial charge is 0.138 e. The average Bonchev–Trinajstić information content (AvgIpc) is 3.32. The first-order valence-electron chi connectivity index (χ1n) is 20.4. The largest absolute Gasteiger partial charge is 1.00 e. The van der Waals surface area contributed by atoms with Gasteiger partial charge in [-0.25, -0.2) is 0 Å². The van der Waals surface area contributed by atoms with Crippen LogP contribution in [0.15, 0.2) is 24.3 Å². The summed E-state index contributed by atoms with van der Waals surface area (Å²) in [6.45, 7) is 8.56. The fourth-order valence-corrected chi connectivity index (χ4v) is 6.77. The predicted molar refractivity (Wildman–Crippen MR) is 200 cm³/mol. The Balaban J connectivity index is 0.0000202. The molecule has 0 radical (unpaired) electrons. The summed E-state index contributed by atoms with van der Waals surface area (Å²) < 4.78 is 13.8. The van der Waals surface area contributed by atoms with Crippen LogP contribution in [0.4, 0.5) is 0 Å². The van der Waals surface area contributed by atoms with E-state index in [9.17, 15) is 0 Å². The fraction of sp³-hybridized carbons (Fsp3) is 0.905. The van der Waals surface area contributed by atoms with Crippen LogP contribution in [-0.4, -0.2) is 57.1 Å². The Morgan fingerprint density at radius 1 is 0.413 bits per heavy atom. The quantitative estimate of drug-likeness (QED) is 0.0386. The molecule has 0 aromatic carbocycles. The Bertz CT molecular complexity index is 610. The van der Waals surface area contributed by atoms with Gasteiger partial charge in [0.15, 0.2) is 0 Å². The lowest BCUT2D eigenvalue weighted by Crippen LogP contribution is -3.00. The summed E-state index contributed by atoms with van der Waals surface area (Å²) in [7, 11) is 4.65. The van der Waals surface area contributed by atoms with Crippen molar-refractivity contribution in [1.82, 2.24) is 0 Å². The number of ether oxygens (including phenoxy) is 2. The van der Waals surface area contributed by atoms with E-state index in [0.29, 0.717) is 0 Å². The van der Waals surface area contributed by atoms with Gasteiger partial charge in [-0.15, -0.1) is 0 Å². The number of allylic oxidation sites excluding steroid dienone is 4. The second-order valence-corrected chi connectivity index (χ2v) is 15.0. The first kappa shape index (κ1) is 45.6. The zero-order valence-electron chi connectivity index (χ0n) is 31.7. The van der Waals surface area contributed by atoms with Crippen LogP contribution in [0.5, 0.6) is 0 Å². The van der Waals surface area contributed by atoms with E-state index < -0.39 is 0 Å². The Kier molecular flexibility index (Phi) is 34.2. The number of nitrogens with zero attached hydrogens (tertiary/aromatic N) is 1. The van der Waals surface area contributed by atoms with E-state index in [1.807, 2.05) is 0 Å². The third kappa shape index (κ3) is 29.8. The zero-order chi connectivity index (χ0) is 32.5. The standard InChI is InChI=1S/C42H82NO2.ClH/c1-5-7-9-11-13-15-17-19-21-23-25-27-29-31-33-35-37-44-41-39-43(3,4)40-42(41)45-38-36-34-32-30-28-26-24-22-20-18-16-14-12-10-8-6-2;/h19-22,41-42H,5-18,23-40H2,1-4H3;1H/q+1;/p-1/b21-19-,22-20-;/t41-,42-;/m1./s1. The Morgan fingerprint density at radius 3 is 0.978 bits per heavy atom. The summed E-state index contributed by atoms with van der Waals surface area (Å²) in [5.41, 5.74) is 0. The van der Waals surface area contributed by atoms with Crippen molar-refractivity contribution in [2.45, 2.75) is 206 Å². The van der Waals surface area contributed by atoms with Crippen LogP contribution in [0.25, 0.3) is 0 Å². The van der Waals surface area contributed by atoms with Crippen molar-refractivity contribution in [3.05, 3.63) is 24.3 Å². The Labute approximate surface area is 296 Å². The minimum Gasteiger partial charge on any atom is -1.00 e. The average molecular weight is 669 g/mol. The second kappa shape index (κ2) is 34.5. The minimum absolute atomic E-state index is 0. The van der Waals surface area contributed by atoms with E-state index in [4.69, 9.17) is 9.47 Å². The summed E-state index contributed by atoms with van der Waals surface area (Å²) in [4.78, 5) is 0. The van der Waals surface area contributed by atoms with Crippen LogP contribution in [0.1, 0.15) is 194 Å². The molecule has 0 saturated carbocycles. The zero-order valence-corrected chi connectivity index (χ0v) is 32.5. The predicted octanol–water partition coefficient (Wildman–Crippen LogP) is 9.93. The summed E-state index contributed by atoms with van der Waals surface area (Å²) in [5, 5.41) is 0. The lowest BCUT2D eigenvalue weighted by Gasteiger charge is -2.22. The van der Waals surface area contributed by atoms with Crippen molar-refractivity contribution in [2.24, 2.45) is 0 Å². The lowest BCUT2D eigenvalue weighted by atomic mass is 10.1. The number of hydrogen-bond donors (Lipinski definition) is 0. The summed E-state index contributed by atoms with van der Waals surface area (Å²) >= 11 is 0. The number of quaternary nitrogens is 1. The van der Waals surface area contributed by atoms with Crippen LogP contribution in [0.3, 0.4) is 0 Å². The third-order valence-electron chi connectivity index (χ3n) is 9.74. The van der Waals surface area contributed by atoms with E-state index in [0.717, 1.165) is 30.8 Å². The molecule has 1 aliphatic heterocycles. The van der Waals surface area contributed by atoms with Gasteiger partial charge >= 0.3 is 0 Å². The molecule has 3 nitrogen and oxygen atoms in total. The molecule has 0 N–H and O–H groups in total. The van der Waals surface area contributed by atoms with Crippen molar-refractivity contribution >= 4 is 0 Å². The number of hydrogen-bond acceptors (Lipinski definition) is 2. The van der Waals surface area contributed by atoms with Gasteiger partial charge in [0.25, 0.3) is 0 Å². The van der Waals surface area contributed by atoms with Gasteiger partial charge in [0, 0.05) is 13.2 Å². The van der Waals surface area contributed by atoms with Gasteiger partial charge in [-0.05, 0) is 64.2 Å². The fourth-order valence-electron chi connectivity index (χ4n) is 6.77. The van der Waals surface area contributed by atoms with Gasteiger partial charge in [-0.3, -0.25) is 0 Å². The molecule has 46 heavy (non-hydrogen) atoms. The molecule has 4 heteroatoms. The van der Waals surface area contributed by atoms with Crippen LogP contribution in [-0.2, 0) is 9.47 Å². The summed E-state index contributed by atoms with van der Waals surface area (Å²) in [6.07, 6.45) is 48.1. The topological polar surface area (TPSA) is 18.5 Å². The highest BCUT2D eigenvalue weighted by Crippen LogP contribution is 2.22. The molecule has 1 heterocycles. The van der Waals surface area contributed by atoms with Crippen LogP contribution >= 0.6 is 0 Å². The minimum atomic E-state index is 0. The molecule has 1 fully saturated rings. The molecule has 0 aromatic heterocycles. The van der Waals surface area contributed by atoms with Gasteiger partial charge < -0.3 is 26.4 Å². The highest BCUT2D eigenvalue weighted by Gasteiger charge is 2.41. The molecule has 0 aliphatic carbocycles. The lowest BCUT2D eigenvalue weighted by molar-refractivity contribution is -0.880. The normalized spacial score (nSPS) is 17.8. The highest BCUT2D eigenvalue weighted by atomic mass is 35.5. The van der Waals surface area contributed by atoms with Crippen LogP contribution in [0, 0.1) is 0 Å². The van der Waals surface area contributed by atoms with Crippen molar-refractivity contribution in [3.8, 4) is 0 Å². The summed E-state index contributed by atoms with van der Waals surface area (Å²) in [6, 6.07) is 0. The monoisotopic (exact) mass is 668 g/mol. The van der Waals surface area contributed by atoms with Gasteiger partial charge in [0.1, 0.15) is 25.3 Å². The first-order chi connectivity index (χ1) is 22.1. The molecule has 0 unspecified atom stereocenters. The van der Waals surface area contributed by atoms with Crippen molar-refractivity contribution in [1.29, 1.82) is 0 Å². The van der Waals surface area contributed by atoms with E-state index in [-0.39, 0.29) is 24.6 Å². The third-order valence-corrected chi connectivity index (χ3v) is 9.74. The SMILES string of the molecule is CCCCCCCC/C=C\CCCCCCCCO[C@@H]1C[N+](C)(C)C[C@H]1OCCCCCCCC/C=C\CCCCCCCC.[Cl-]. The maximum Gasteiger partial charge on any atom is 0.138 e. The molecule has 1 rings (SSSR count). The van der Waals surface area contributed by atoms with Gasteiger partial charge in [0.05, 0.1) is 14.1 Å². The number of likely N-dealkylation sites (tertiary alicyclic amines) is 1. The number of rotatable bonds is 34. The Morgan fingerprint density at radius 2 is 0.674 bits per heavy atom. The molecule has 0 aromatic rings. The number of halogens is 1. The molecular weight excluding hydrogens is 586 g/mol. The molecule has 274 valence electrons.